The molecule has 0 aromatic heterocycles. The van der Waals surface area contributed by atoms with Gasteiger partial charge < -0.3 is 5.32 Å². The van der Waals surface area contributed by atoms with Gasteiger partial charge in [0.2, 0.25) is 5.91 Å². The van der Waals surface area contributed by atoms with Crippen LogP contribution in [0.4, 0.5) is 5.69 Å². The summed E-state index contributed by atoms with van der Waals surface area (Å²) < 4.78 is 0. The molecule has 1 saturated carbocycles. The highest BCUT2D eigenvalue weighted by molar-refractivity contribution is 9.09. The minimum Gasteiger partial charge on any atom is -0.326 e. The van der Waals surface area contributed by atoms with Crippen LogP contribution < -0.4 is 5.32 Å². The number of anilines is 1. The van der Waals surface area contributed by atoms with Crippen molar-refractivity contribution in [2.45, 2.75) is 11.2 Å². The van der Waals surface area contributed by atoms with Gasteiger partial charge in [0.1, 0.15) is 0 Å². The molecule has 1 N–H and O–H groups in total. The van der Waals surface area contributed by atoms with E-state index in [2.05, 4.69) is 21.2 Å². The Labute approximate surface area is 85.5 Å². The average molecular weight is 240 g/mol. The summed E-state index contributed by atoms with van der Waals surface area (Å²) >= 11 is 3.40. The smallest absolute Gasteiger partial charge is 0.228 e. The number of rotatable bonds is 2. The summed E-state index contributed by atoms with van der Waals surface area (Å²) in [4.78, 5) is 11.8. The van der Waals surface area contributed by atoms with Gasteiger partial charge >= 0.3 is 0 Å². The molecule has 2 nitrogen and oxygen atoms in total. The zero-order valence-corrected chi connectivity index (χ0v) is 8.62. The van der Waals surface area contributed by atoms with Gasteiger partial charge in [-0.2, -0.15) is 0 Å². The quantitative estimate of drug-likeness (QED) is 0.790. The number of nitrogens with one attached hydrogen (secondary N) is 1. The predicted octanol–water partition coefficient (Wildman–Crippen LogP) is 2.41. The van der Waals surface area contributed by atoms with Crippen LogP contribution in [-0.2, 0) is 4.79 Å². The molecule has 1 aliphatic rings. The number of alkyl halides is 1. The molecule has 0 bridgehead atoms. The van der Waals surface area contributed by atoms with Crippen molar-refractivity contribution in [2.24, 2.45) is 5.92 Å². The Hall–Kier alpha value is -0.830. The summed E-state index contributed by atoms with van der Waals surface area (Å²) in [6.07, 6.45) is 0.957. The molecule has 1 aromatic rings. The van der Waals surface area contributed by atoms with Crippen molar-refractivity contribution in [3.63, 3.8) is 0 Å². The minimum atomic E-state index is 0.119. The highest BCUT2D eigenvalue weighted by atomic mass is 79.9. The molecule has 2 atom stereocenters. The lowest BCUT2D eigenvalue weighted by Gasteiger charge is -2.02. The summed E-state index contributed by atoms with van der Waals surface area (Å²) in [7, 11) is 0. The third-order valence-corrected chi connectivity index (χ3v) is 3.10. The number of benzene rings is 1. The monoisotopic (exact) mass is 239 g/mol. The van der Waals surface area contributed by atoms with Crippen molar-refractivity contribution >= 4 is 27.5 Å². The van der Waals surface area contributed by atoms with Crippen LogP contribution in [0.15, 0.2) is 30.3 Å². The van der Waals surface area contributed by atoms with E-state index in [9.17, 15) is 4.79 Å². The van der Waals surface area contributed by atoms with E-state index in [1.54, 1.807) is 0 Å². The van der Waals surface area contributed by atoms with Crippen molar-refractivity contribution < 1.29 is 4.79 Å². The van der Waals surface area contributed by atoms with Crippen molar-refractivity contribution in [2.75, 3.05) is 5.32 Å². The van der Waals surface area contributed by atoms with Crippen molar-refractivity contribution in [3.8, 4) is 0 Å². The van der Waals surface area contributed by atoms with Gasteiger partial charge in [-0.15, -0.1) is 0 Å². The van der Waals surface area contributed by atoms with Crippen LogP contribution in [0.3, 0.4) is 0 Å². The first-order valence-electron chi connectivity index (χ1n) is 4.27. The highest BCUT2D eigenvalue weighted by Gasteiger charge is 2.40. The number of carbonyl (C=O) groups excluding carboxylic acids is 1. The topological polar surface area (TPSA) is 29.1 Å². The van der Waals surface area contributed by atoms with Crippen LogP contribution >= 0.6 is 15.9 Å². The lowest BCUT2D eigenvalue weighted by atomic mass is 10.3. The van der Waals surface area contributed by atoms with Crippen molar-refractivity contribution in [1.82, 2.24) is 0 Å². The fourth-order valence-electron chi connectivity index (χ4n) is 1.19. The Bertz CT molecular complexity index is 312. The van der Waals surface area contributed by atoms with E-state index in [4.69, 9.17) is 0 Å². The summed E-state index contributed by atoms with van der Waals surface area (Å²) in [6.45, 7) is 0. The fourth-order valence-corrected chi connectivity index (χ4v) is 1.83. The molecule has 13 heavy (non-hydrogen) atoms. The lowest BCUT2D eigenvalue weighted by molar-refractivity contribution is -0.117. The maximum atomic E-state index is 11.4. The van der Waals surface area contributed by atoms with Gasteiger partial charge in [0.15, 0.2) is 0 Å². The molecule has 0 spiro atoms. The van der Waals surface area contributed by atoms with Crippen LogP contribution in [0.2, 0.25) is 0 Å². The second-order valence-electron chi connectivity index (χ2n) is 3.21. The highest BCUT2D eigenvalue weighted by Crippen LogP contribution is 2.38. The molecule has 1 aromatic carbocycles. The Kier molecular flexibility index (Phi) is 2.36. The largest absolute Gasteiger partial charge is 0.326 e. The third-order valence-electron chi connectivity index (χ3n) is 2.09. The lowest BCUT2D eigenvalue weighted by Crippen LogP contribution is -2.14. The molecule has 2 unspecified atom stereocenters. The zero-order chi connectivity index (χ0) is 9.26. The predicted molar refractivity (Wildman–Crippen MR) is 55.9 cm³/mol. The van der Waals surface area contributed by atoms with E-state index < -0.39 is 0 Å². The van der Waals surface area contributed by atoms with E-state index in [1.807, 2.05) is 30.3 Å². The van der Waals surface area contributed by atoms with Gasteiger partial charge in [-0.3, -0.25) is 4.79 Å². The summed E-state index contributed by atoms with van der Waals surface area (Å²) in [6, 6.07) is 9.54. The molecule has 1 fully saturated rings. The molecule has 0 saturated heterocycles. The number of hydrogen-bond donors (Lipinski definition) is 1. The van der Waals surface area contributed by atoms with Crippen LogP contribution in [0.25, 0.3) is 0 Å². The van der Waals surface area contributed by atoms with Gasteiger partial charge in [-0.05, 0) is 18.6 Å². The number of para-hydroxylation sites is 1. The first-order chi connectivity index (χ1) is 6.27. The van der Waals surface area contributed by atoms with Crippen LogP contribution in [0, 0.1) is 5.92 Å². The Balaban J connectivity index is 1.95. The second-order valence-corrected chi connectivity index (χ2v) is 4.39. The standard InChI is InChI=1S/C10H10BrNO/c11-9-6-8(9)10(13)12-7-4-2-1-3-5-7/h1-5,8-9H,6H2,(H,12,13). The fraction of sp³-hybridized carbons (Fsp3) is 0.300. The Morgan fingerprint density at radius 1 is 1.38 bits per heavy atom. The van der Waals surface area contributed by atoms with E-state index in [-0.39, 0.29) is 11.8 Å². The van der Waals surface area contributed by atoms with E-state index in [1.165, 1.54) is 0 Å². The van der Waals surface area contributed by atoms with Crippen molar-refractivity contribution in [1.29, 1.82) is 0 Å². The van der Waals surface area contributed by atoms with E-state index >= 15 is 0 Å². The first-order valence-corrected chi connectivity index (χ1v) is 5.19. The molecule has 68 valence electrons. The maximum absolute atomic E-state index is 11.4. The van der Waals surface area contributed by atoms with Crippen molar-refractivity contribution in [3.05, 3.63) is 30.3 Å². The summed E-state index contributed by atoms with van der Waals surface area (Å²) in [5.41, 5.74) is 0.874. The third kappa shape index (κ3) is 2.10. The molecule has 0 aliphatic heterocycles. The second kappa shape index (κ2) is 3.50. The SMILES string of the molecule is O=C(Nc1ccccc1)C1CC1Br. The Morgan fingerprint density at radius 3 is 2.54 bits per heavy atom. The normalized spacial score (nSPS) is 25.3. The average Bonchev–Trinajstić information content (AvgIpc) is 2.84. The molecule has 2 rings (SSSR count). The van der Waals surface area contributed by atoms with E-state index in [0.717, 1.165) is 12.1 Å². The van der Waals surface area contributed by atoms with Gasteiger partial charge in [0.25, 0.3) is 0 Å². The van der Waals surface area contributed by atoms with Gasteiger partial charge in [0, 0.05) is 10.5 Å². The van der Waals surface area contributed by atoms with Gasteiger partial charge in [-0.1, -0.05) is 34.1 Å². The van der Waals surface area contributed by atoms with Crippen LogP contribution in [0.1, 0.15) is 6.42 Å². The number of carbonyl (C=O) groups is 1. The zero-order valence-electron chi connectivity index (χ0n) is 7.03. The molecular formula is C10H10BrNO. The summed E-state index contributed by atoms with van der Waals surface area (Å²) in [5.74, 6) is 0.285. The van der Waals surface area contributed by atoms with Gasteiger partial charge in [-0.25, -0.2) is 0 Å². The van der Waals surface area contributed by atoms with Crippen LogP contribution in [0.5, 0.6) is 0 Å². The van der Waals surface area contributed by atoms with Crippen LogP contribution in [-0.4, -0.2) is 10.7 Å². The van der Waals surface area contributed by atoms with E-state index in [0.29, 0.717) is 4.83 Å². The summed E-state index contributed by atoms with van der Waals surface area (Å²) in [5, 5.41) is 2.87. The number of halogens is 1. The Morgan fingerprint density at radius 2 is 2.00 bits per heavy atom. The molecule has 1 aliphatic carbocycles. The number of amides is 1. The molecule has 0 heterocycles. The van der Waals surface area contributed by atoms with Gasteiger partial charge in [0.05, 0.1) is 5.92 Å². The number of hydrogen-bond acceptors (Lipinski definition) is 1. The molecule has 1 amide bonds. The molecule has 3 heteroatoms. The first kappa shape index (κ1) is 8.75. The molecular weight excluding hydrogens is 230 g/mol. The molecule has 0 radical (unpaired) electrons. The minimum absolute atomic E-state index is 0.119. The maximum Gasteiger partial charge on any atom is 0.228 e.